The molecule has 0 radical (unpaired) electrons. The lowest BCUT2D eigenvalue weighted by Gasteiger charge is -2.41. The Morgan fingerprint density at radius 1 is 1.03 bits per heavy atom. The van der Waals surface area contributed by atoms with Gasteiger partial charge in [-0.3, -0.25) is 4.79 Å². The fourth-order valence-corrected chi connectivity index (χ4v) is 5.21. The number of likely N-dealkylation sites (tertiary alicyclic amines) is 2. The summed E-state index contributed by atoms with van der Waals surface area (Å²) in [4.78, 5) is 26.7. The SMILES string of the molecule is COC1CCN(C2CCN(C(=O)c3ncnc(NCc4ccc(C(C)(C)C)cc4)c3C)CC2)CC1. The third-order valence-corrected chi connectivity index (χ3v) is 7.64. The van der Waals surface area contributed by atoms with Crippen molar-refractivity contribution in [2.24, 2.45) is 0 Å². The van der Waals surface area contributed by atoms with Gasteiger partial charge in [0, 0.05) is 51.4 Å². The molecule has 0 spiro atoms. The first-order chi connectivity index (χ1) is 16.8. The van der Waals surface area contributed by atoms with E-state index in [1.807, 2.05) is 18.9 Å². The van der Waals surface area contributed by atoms with Gasteiger partial charge < -0.3 is 19.9 Å². The fourth-order valence-electron chi connectivity index (χ4n) is 5.21. The minimum atomic E-state index is 0.0130. The monoisotopic (exact) mass is 479 g/mol. The number of carbonyl (C=O) groups is 1. The number of ether oxygens (including phenoxy) is 1. The molecule has 3 heterocycles. The van der Waals surface area contributed by atoms with Crippen LogP contribution in [0, 0.1) is 6.92 Å². The van der Waals surface area contributed by atoms with E-state index in [2.05, 4.69) is 65.2 Å². The second-order valence-corrected chi connectivity index (χ2v) is 11.0. The summed E-state index contributed by atoms with van der Waals surface area (Å²) >= 11 is 0. The minimum absolute atomic E-state index is 0.0130. The molecule has 2 aliphatic heterocycles. The highest BCUT2D eigenvalue weighted by Crippen LogP contribution is 2.25. The van der Waals surface area contributed by atoms with Crippen molar-refractivity contribution < 1.29 is 9.53 Å². The van der Waals surface area contributed by atoms with Crippen LogP contribution in [0.25, 0.3) is 0 Å². The van der Waals surface area contributed by atoms with E-state index in [1.165, 1.54) is 17.5 Å². The van der Waals surface area contributed by atoms with Crippen LogP contribution in [0.15, 0.2) is 30.6 Å². The lowest BCUT2D eigenvalue weighted by molar-refractivity contribution is 0.0144. The van der Waals surface area contributed by atoms with Gasteiger partial charge in [0.1, 0.15) is 17.8 Å². The van der Waals surface area contributed by atoms with Crippen molar-refractivity contribution in [3.8, 4) is 0 Å². The average Bonchev–Trinajstić information content (AvgIpc) is 2.87. The summed E-state index contributed by atoms with van der Waals surface area (Å²) in [5, 5.41) is 3.41. The van der Waals surface area contributed by atoms with Crippen molar-refractivity contribution in [1.82, 2.24) is 19.8 Å². The molecule has 190 valence electrons. The fraction of sp³-hybridized carbons (Fsp3) is 0.607. The van der Waals surface area contributed by atoms with Crippen molar-refractivity contribution in [3.63, 3.8) is 0 Å². The molecule has 1 aromatic carbocycles. The van der Waals surface area contributed by atoms with E-state index in [1.54, 1.807) is 0 Å². The highest BCUT2D eigenvalue weighted by atomic mass is 16.5. The van der Waals surface area contributed by atoms with E-state index in [4.69, 9.17) is 4.74 Å². The molecule has 7 nitrogen and oxygen atoms in total. The van der Waals surface area contributed by atoms with Crippen LogP contribution in [0.5, 0.6) is 0 Å². The molecule has 1 amide bonds. The number of rotatable bonds is 6. The van der Waals surface area contributed by atoms with Gasteiger partial charge in [-0.15, -0.1) is 0 Å². The van der Waals surface area contributed by atoms with E-state index in [-0.39, 0.29) is 11.3 Å². The number of carbonyl (C=O) groups excluding carboxylic acids is 1. The van der Waals surface area contributed by atoms with Gasteiger partial charge in [-0.1, -0.05) is 45.0 Å². The van der Waals surface area contributed by atoms with Crippen molar-refractivity contribution in [2.45, 2.75) is 77.5 Å². The summed E-state index contributed by atoms with van der Waals surface area (Å²) < 4.78 is 5.51. The number of nitrogens with one attached hydrogen (secondary N) is 1. The largest absolute Gasteiger partial charge is 0.381 e. The molecule has 4 rings (SSSR count). The van der Waals surface area contributed by atoms with Crippen LogP contribution in [-0.2, 0) is 16.7 Å². The molecule has 1 aromatic heterocycles. The number of nitrogens with zero attached hydrogens (tertiary/aromatic N) is 4. The van der Waals surface area contributed by atoms with Crippen molar-refractivity contribution in [2.75, 3.05) is 38.6 Å². The molecule has 0 saturated carbocycles. The molecule has 2 fully saturated rings. The molecule has 2 saturated heterocycles. The zero-order valence-electron chi connectivity index (χ0n) is 22.0. The summed E-state index contributed by atoms with van der Waals surface area (Å²) in [5.41, 5.74) is 3.95. The minimum Gasteiger partial charge on any atom is -0.381 e. The van der Waals surface area contributed by atoms with Crippen LogP contribution in [0.3, 0.4) is 0 Å². The Bertz CT molecular complexity index is 985. The van der Waals surface area contributed by atoms with Crippen molar-refractivity contribution in [1.29, 1.82) is 0 Å². The zero-order chi connectivity index (χ0) is 25.0. The number of benzene rings is 1. The van der Waals surface area contributed by atoms with Gasteiger partial charge in [0.2, 0.25) is 0 Å². The molecule has 7 heteroatoms. The second kappa shape index (κ2) is 11.0. The highest BCUT2D eigenvalue weighted by molar-refractivity contribution is 5.94. The number of amides is 1. The third kappa shape index (κ3) is 6.19. The van der Waals surface area contributed by atoms with Crippen LogP contribution in [0.1, 0.15) is 73.6 Å². The summed E-state index contributed by atoms with van der Waals surface area (Å²) in [6, 6.07) is 9.23. The number of piperidine rings is 2. The predicted octanol–water partition coefficient (Wildman–Crippen LogP) is 4.41. The van der Waals surface area contributed by atoms with E-state index < -0.39 is 0 Å². The molecule has 2 aromatic rings. The highest BCUT2D eigenvalue weighted by Gasteiger charge is 2.31. The van der Waals surface area contributed by atoms with E-state index in [9.17, 15) is 4.79 Å². The summed E-state index contributed by atoms with van der Waals surface area (Å²) in [7, 11) is 1.81. The standard InChI is InChI=1S/C28H41N5O2/c1-20-25(27(34)33-14-10-23(11-15-33)32-16-12-24(35-5)13-17-32)30-19-31-26(20)29-18-21-6-8-22(9-7-21)28(2,3)4/h6-9,19,23-24H,10-18H2,1-5H3,(H,29,30,31). The summed E-state index contributed by atoms with van der Waals surface area (Å²) in [6.45, 7) is 13.0. The number of methoxy groups -OCH3 is 1. The lowest BCUT2D eigenvalue weighted by atomic mass is 9.87. The zero-order valence-corrected chi connectivity index (χ0v) is 22.0. The molecule has 0 bridgehead atoms. The van der Waals surface area contributed by atoms with Crippen LogP contribution < -0.4 is 5.32 Å². The molecule has 1 N–H and O–H groups in total. The second-order valence-electron chi connectivity index (χ2n) is 11.0. The third-order valence-electron chi connectivity index (χ3n) is 7.64. The van der Waals surface area contributed by atoms with E-state index >= 15 is 0 Å². The number of hydrogen-bond donors (Lipinski definition) is 1. The number of anilines is 1. The molecule has 0 aliphatic carbocycles. The Morgan fingerprint density at radius 2 is 1.69 bits per heavy atom. The maximum Gasteiger partial charge on any atom is 0.272 e. The van der Waals surface area contributed by atoms with E-state index in [0.717, 1.165) is 63.2 Å². The van der Waals surface area contributed by atoms with Gasteiger partial charge in [-0.05, 0) is 49.1 Å². The molecular formula is C28H41N5O2. The first-order valence-electron chi connectivity index (χ1n) is 13.0. The molecule has 2 aliphatic rings. The quantitative estimate of drug-likeness (QED) is 0.662. The van der Waals surface area contributed by atoms with E-state index in [0.29, 0.717) is 24.4 Å². The van der Waals surface area contributed by atoms with Crippen LogP contribution in [0.2, 0.25) is 0 Å². The first kappa shape index (κ1) is 25.6. The van der Waals surface area contributed by atoms with Gasteiger partial charge in [0.05, 0.1) is 6.10 Å². The van der Waals surface area contributed by atoms with Crippen LogP contribution in [0.4, 0.5) is 5.82 Å². The molecule has 35 heavy (non-hydrogen) atoms. The topological polar surface area (TPSA) is 70.6 Å². The van der Waals surface area contributed by atoms with Crippen LogP contribution in [-0.4, -0.2) is 71.1 Å². The smallest absolute Gasteiger partial charge is 0.272 e. The average molecular weight is 480 g/mol. The summed E-state index contributed by atoms with van der Waals surface area (Å²) in [6.07, 6.45) is 6.14. The van der Waals surface area contributed by atoms with Crippen LogP contribution >= 0.6 is 0 Å². The van der Waals surface area contributed by atoms with Gasteiger partial charge in [-0.2, -0.15) is 0 Å². The lowest BCUT2D eigenvalue weighted by Crippen LogP contribution is -2.49. The Morgan fingerprint density at radius 3 is 2.29 bits per heavy atom. The van der Waals surface area contributed by atoms with Gasteiger partial charge in [0.15, 0.2) is 0 Å². The molecule has 0 atom stereocenters. The Hall–Kier alpha value is -2.51. The Balaban J connectivity index is 1.33. The normalized spacial score (nSPS) is 18.6. The maximum atomic E-state index is 13.3. The molecule has 0 unspecified atom stereocenters. The van der Waals surface area contributed by atoms with Crippen molar-refractivity contribution in [3.05, 3.63) is 53.0 Å². The summed E-state index contributed by atoms with van der Waals surface area (Å²) in [5.74, 6) is 0.734. The Kier molecular flexibility index (Phi) is 8.07. The number of hydrogen-bond acceptors (Lipinski definition) is 6. The Labute approximate surface area is 210 Å². The van der Waals surface area contributed by atoms with Gasteiger partial charge in [0.25, 0.3) is 5.91 Å². The number of aromatic nitrogens is 2. The van der Waals surface area contributed by atoms with Crippen molar-refractivity contribution >= 4 is 11.7 Å². The first-order valence-corrected chi connectivity index (χ1v) is 13.0. The maximum absolute atomic E-state index is 13.3. The molecular weight excluding hydrogens is 438 g/mol. The van der Waals surface area contributed by atoms with Gasteiger partial charge >= 0.3 is 0 Å². The van der Waals surface area contributed by atoms with Gasteiger partial charge in [-0.25, -0.2) is 9.97 Å². The predicted molar refractivity (Wildman–Crippen MR) is 140 cm³/mol.